The molecule has 0 radical (unpaired) electrons. The molecule has 0 aromatic carbocycles. The van der Waals surface area contributed by atoms with Crippen LogP contribution in [-0.4, -0.2) is 16.0 Å². The molecule has 0 atom stereocenters. The maximum atomic E-state index is 10.9. The number of halogens is 1. The van der Waals surface area contributed by atoms with Gasteiger partial charge < -0.3 is 0 Å². The minimum atomic E-state index is -0.343. The molecule has 0 rings (SSSR count). The standard InChI is InChI=1S/C8H13IO2/c1-6(10)8(7(2)11)4-3-5-9/h8H,3-5H2,1-2H3. The van der Waals surface area contributed by atoms with Crippen molar-refractivity contribution in [2.45, 2.75) is 26.7 Å². The summed E-state index contributed by atoms with van der Waals surface area (Å²) in [6, 6.07) is 0. The molecule has 0 fully saturated rings. The summed E-state index contributed by atoms with van der Waals surface area (Å²) in [6.07, 6.45) is 1.66. The van der Waals surface area contributed by atoms with Gasteiger partial charge in [-0.2, -0.15) is 0 Å². The van der Waals surface area contributed by atoms with Crippen molar-refractivity contribution in [1.29, 1.82) is 0 Å². The van der Waals surface area contributed by atoms with Gasteiger partial charge in [0.2, 0.25) is 0 Å². The second-order valence-electron chi connectivity index (χ2n) is 2.61. The molecular weight excluding hydrogens is 255 g/mol. The Labute approximate surface area is 80.9 Å². The minimum absolute atomic E-state index is 0.00218. The van der Waals surface area contributed by atoms with Crippen LogP contribution >= 0.6 is 22.6 Å². The van der Waals surface area contributed by atoms with Gasteiger partial charge in [0.15, 0.2) is 0 Å². The summed E-state index contributed by atoms with van der Waals surface area (Å²) in [6.45, 7) is 2.97. The van der Waals surface area contributed by atoms with Gasteiger partial charge in [0.1, 0.15) is 11.6 Å². The fraction of sp³-hybridized carbons (Fsp3) is 0.750. The normalized spacial score (nSPS) is 10.2. The molecule has 0 aromatic heterocycles. The third kappa shape index (κ3) is 4.50. The maximum absolute atomic E-state index is 10.9. The molecular formula is C8H13IO2. The largest absolute Gasteiger partial charge is 0.299 e. The molecule has 0 aliphatic heterocycles. The number of ketones is 2. The first-order chi connectivity index (χ1) is 5.09. The number of alkyl halides is 1. The highest BCUT2D eigenvalue weighted by molar-refractivity contribution is 14.1. The summed E-state index contributed by atoms with van der Waals surface area (Å²) in [5.74, 6) is -0.338. The Hall–Kier alpha value is 0.0700. The van der Waals surface area contributed by atoms with E-state index in [2.05, 4.69) is 22.6 Å². The number of hydrogen-bond donors (Lipinski definition) is 0. The molecule has 0 bridgehead atoms. The van der Waals surface area contributed by atoms with Crippen molar-refractivity contribution in [1.82, 2.24) is 0 Å². The zero-order valence-corrected chi connectivity index (χ0v) is 9.05. The summed E-state index contributed by atoms with van der Waals surface area (Å²) < 4.78 is 1.01. The van der Waals surface area contributed by atoms with Crippen molar-refractivity contribution in [3.63, 3.8) is 0 Å². The summed E-state index contributed by atoms with van der Waals surface area (Å²) in [4.78, 5) is 21.7. The first kappa shape index (κ1) is 11.1. The second-order valence-corrected chi connectivity index (χ2v) is 3.68. The Morgan fingerprint density at radius 1 is 1.27 bits per heavy atom. The van der Waals surface area contributed by atoms with E-state index in [-0.39, 0.29) is 17.5 Å². The van der Waals surface area contributed by atoms with Crippen molar-refractivity contribution in [2.75, 3.05) is 4.43 Å². The van der Waals surface area contributed by atoms with Crippen LogP contribution in [0.2, 0.25) is 0 Å². The molecule has 0 saturated heterocycles. The first-order valence-corrected chi connectivity index (χ1v) is 5.19. The van der Waals surface area contributed by atoms with E-state index in [0.29, 0.717) is 6.42 Å². The number of Topliss-reactive ketones (excluding diaryl/α,β-unsaturated/α-hetero) is 2. The molecule has 0 spiro atoms. The predicted molar refractivity (Wildman–Crippen MR) is 53.0 cm³/mol. The van der Waals surface area contributed by atoms with Crippen molar-refractivity contribution < 1.29 is 9.59 Å². The van der Waals surface area contributed by atoms with Crippen LogP contribution in [-0.2, 0) is 9.59 Å². The van der Waals surface area contributed by atoms with Gasteiger partial charge in [0.25, 0.3) is 0 Å². The maximum Gasteiger partial charge on any atom is 0.140 e. The van der Waals surface area contributed by atoms with Gasteiger partial charge in [0, 0.05) is 0 Å². The Morgan fingerprint density at radius 3 is 2.00 bits per heavy atom. The summed E-state index contributed by atoms with van der Waals surface area (Å²) >= 11 is 2.25. The van der Waals surface area contributed by atoms with Crippen LogP contribution in [0.1, 0.15) is 26.7 Å². The van der Waals surface area contributed by atoms with Crippen molar-refractivity contribution >= 4 is 34.2 Å². The van der Waals surface area contributed by atoms with E-state index >= 15 is 0 Å². The third-order valence-corrected chi connectivity index (χ3v) is 2.37. The lowest BCUT2D eigenvalue weighted by atomic mass is 9.96. The highest BCUT2D eigenvalue weighted by atomic mass is 127. The molecule has 0 heterocycles. The molecule has 0 aliphatic carbocycles. The zero-order chi connectivity index (χ0) is 8.85. The fourth-order valence-electron chi connectivity index (χ4n) is 0.974. The molecule has 3 heteroatoms. The van der Waals surface area contributed by atoms with Gasteiger partial charge in [-0.25, -0.2) is 0 Å². The average Bonchev–Trinajstić information content (AvgIpc) is 1.87. The second kappa shape index (κ2) is 5.69. The molecule has 11 heavy (non-hydrogen) atoms. The van der Waals surface area contributed by atoms with Gasteiger partial charge in [-0.1, -0.05) is 22.6 Å². The first-order valence-electron chi connectivity index (χ1n) is 3.66. The van der Waals surface area contributed by atoms with E-state index in [9.17, 15) is 9.59 Å². The third-order valence-electron chi connectivity index (χ3n) is 1.61. The van der Waals surface area contributed by atoms with E-state index in [4.69, 9.17) is 0 Å². The van der Waals surface area contributed by atoms with Crippen LogP contribution in [0, 0.1) is 5.92 Å². The molecule has 0 aromatic rings. The van der Waals surface area contributed by atoms with Crippen LogP contribution in [0.15, 0.2) is 0 Å². The van der Waals surface area contributed by atoms with Crippen LogP contribution < -0.4 is 0 Å². The molecule has 64 valence electrons. The Morgan fingerprint density at radius 2 is 1.73 bits per heavy atom. The quantitative estimate of drug-likeness (QED) is 0.434. The number of carbonyl (C=O) groups excluding carboxylic acids is 2. The average molecular weight is 268 g/mol. The number of hydrogen-bond acceptors (Lipinski definition) is 2. The smallest absolute Gasteiger partial charge is 0.140 e. The van der Waals surface area contributed by atoms with E-state index < -0.39 is 0 Å². The highest BCUT2D eigenvalue weighted by Gasteiger charge is 2.17. The van der Waals surface area contributed by atoms with Gasteiger partial charge >= 0.3 is 0 Å². The van der Waals surface area contributed by atoms with Crippen LogP contribution in [0.3, 0.4) is 0 Å². The predicted octanol–water partition coefficient (Wildman–Crippen LogP) is 2.00. The lowest BCUT2D eigenvalue weighted by Gasteiger charge is -2.07. The van der Waals surface area contributed by atoms with E-state index in [0.717, 1.165) is 10.8 Å². The van der Waals surface area contributed by atoms with Gasteiger partial charge in [0.05, 0.1) is 5.92 Å². The molecule has 0 aliphatic rings. The lowest BCUT2D eigenvalue weighted by Crippen LogP contribution is -2.19. The molecule has 0 saturated carbocycles. The monoisotopic (exact) mass is 268 g/mol. The molecule has 0 amide bonds. The Bertz CT molecular complexity index is 140. The van der Waals surface area contributed by atoms with Gasteiger partial charge in [-0.3, -0.25) is 9.59 Å². The Kier molecular flexibility index (Phi) is 5.72. The molecule has 0 N–H and O–H groups in total. The number of rotatable bonds is 5. The van der Waals surface area contributed by atoms with Crippen LogP contribution in [0.5, 0.6) is 0 Å². The number of carbonyl (C=O) groups is 2. The highest BCUT2D eigenvalue weighted by Crippen LogP contribution is 2.10. The van der Waals surface area contributed by atoms with Crippen LogP contribution in [0.4, 0.5) is 0 Å². The van der Waals surface area contributed by atoms with Crippen molar-refractivity contribution in [3.8, 4) is 0 Å². The van der Waals surface area contributed by atoms with E-state index in [1.165, 1.54) is 13.8 Å². The van der Waals surface area contributed by atoms with Crippen molar-refractivity contribution in [3.05, 3.63) is 0 Å². The van der Waals surface area contributed by atoms with Crippen molar-refractivity contribution in [2.24, 2.45) is 5.92 Å². The summed E-state index contributed by atoms with van der Waals surface area (Å²) in [5.41, 5.74) is 0. The molecule has 0 unspecified atom stereocenters. The van der Waals surface area contributed by atoms with E-state index in [1.807, 2.05) is 0 Å². The van der Waals surface area contributed by atoms with Gasteiger partial charge in [-0.05, 0) is 31.1 Å². The SMILES string of the molecule is CC(=O)C(CCCI)C(C)=O. The lowest BCUT2D eigenvalue weighted by molar-refractivity contribution is -0.130. The fourth-order valence-corrected chi connectivity index (χ4v) is 1.41. The topological polar surface area (TPSA) is 34.1 Å². The molecule has 2 nitrogen and oxygen atoms in total. The summed E-state index contributed by atoms with van der Waals surface area (Å²) in [5, 5.41) is 0. The Balaban J connectivity index is 3.90. The van der Waals surface area contributed by atoms with Crippen LogP contribution in [0.25, 0.3) is 0 Å². The summed E-state index contributed by atoms with van der Waals surface area (Å²) in [7, 11) is 0. The van der Waals surface area contributed by atoms with Gasteiger partial charge in [-0.15, -0.1) is 0 Å². The van der Waals surface area contributed by atoms with E-state index in [1.54, 1.807) is 0 Å². The minimum Gasteiger partial charge on any atom is -0.299 e. The zero-order valence-electron chi connectivity index (χ0n) is 6.89.